The van der Waals surface area contributed by atoms with Gasteiger partial charge in [0.05, 0.1) is 13.2 Å². The quantitative estimate of drug-likeness (QED) is 0.832. The maximum Gasteiger partial charge on any atom is 0.409 e. The van der Waals surface area contributed by atoms with Gasteiger partial charge in [-0.2, -0.15) is 0 Å². The molecule has 5 aliphatic rings. The van der Waals surface area contributed by atoms with Crippen LogP contribution in [0.3, 0.4) is 0 Å². The lowest BCUT2D eigenvalue weighted by Crippen LogP contribution is -2.50. The molecule has 2 unspecified atom stereocenters. The monoisotopic (exact) mass is 363 g/mol. The summed E-state index contributed by atoms with van der Waals surface area (Å²) in [4.78, 5) is 28.6. The first-order chi connectivity index (χ1) is 12.6. The van der Waals surface area contributed by atoms with Crippen molar-refractivity contribution in [2.45, 2.75) is 64.0 Å². The summed E-state index contributed by atoms with van der Waals surface area (Å²) >= 11 is 0. The first-order valence-electron chi connectivity index (χ1n) is 10.6. The van der Waals surface area contributed by atoms with Crippen LogP contribution in [0.4, 0.5) is 4.79 Å². The Bertz CT molecular complexity index is 518. The number of nitrogens with zero attached hydrogens (tertiary/aromatic N) is 2. The molecule has 0 spiro atoms. The zero-order valence-electron chi connectivity index (χ0n) is 16.0. The summed E-state index contributed by atoms with van der Waals surface area (Å²) in [5.74, 6) is 2.81. The van der Waals surface area contributed by atoms with Gasteiger partial charge < -0.3 is 15.0 Å². The number of amides is 2. The van der Waals surface area contributed by atoms with E-state index in [0.717, 1.165) is 37.1 Å². The van der Waals surface area contributed by atoms with E-state index in [1.165, 1.54) is 32.1 Å². The second-order valence-corrected chi connectivity index (χ2v) is 8.89. The number of hydrogen-bond donors (Lipinski definition) is 1. The number of likely N-dealkylation sites (tertiary alicyclic amines) is 1. The largest absolute Gasteiger partial charge is 0.450 e. The van der Waals surface area contributed by atoms with Gasteiger partial charge in [-0.25, -0.2) is 4.79 Å². The van der Waals surface area contributed by atoms with Gasteiger partial charge in [0.1, 0.15) is 0 Å². The van der Waals surface area contributed by atoms with Gasteiger partial charge in [-0.3, -0.25) is 9.69 Å². The van der Waals surface area contributed by atoms with E-state index in [9.17, 15) is 9.59 Å². The molecular weight excluding hydrogens is 330 g/mol. The molecule has 0 aromatic heterocycles. The minimum absolute atomic E-state index is 0.167. The minimum Gasteiger partial charge on any atom is -0.450 e. The SMILES string of the molecule is CCOC(=O)N1CCC(NC(=O)CN2CC3CC4CC(C3)CC2C4)CC1. The fraction of sp³-hybridized carbons (Fsp3) is 0.900. The normalized spacial score (nSPS) is 34.6. The predicted molar refractivity (Wildman–Crippen MR) is 98.7 cm³/mol. The third-order valence-electron chi connectivity index (χ3n) is 6.95. The van der Waals surface area contributed by atoms with Crippen LogP contribution in [0, 0.1) is 17.8 Å². The van der Waals surface area contributed by atoms with E-state index in [1.54, 1.807) is 4.90 Å². The van der Waals surface area contributed by atoms with Crippen molar-refractivity contribution in [1.82, 2.24) is 15.1 Å². The Hall–Kier alpha value is -1.30. The fourth-order valence-electron chi connectivity index (χ4n) is 5.95. The topological polar surface area (TPSA) is 61.9 Å². The van der Waals surface area contributed by atoms with Gasteiger partial charge >= 0.3 is 6.09 Å². The Balaban J connectivity index is 1.24. The molecule has 2 atom stereocenters. The van der Waals surface area contributed by atoms with Crippen LogP contribution >= 0.6 is 0 Å². The first-order valence-corrected chi connectivity index (χ1v) is 10.6. The molecule has 146 valence electrons. The molecule has 0 aromatic rings. The van der Waals surface area contributed by atoms with Crippen molar-refractivity contribution >= 4 is 12.0 Å². The summed E-state index contributed by atoms with van der Waals surface area (Å²) in [5, 5.41) is 3.22. The van der Waals surface area contributed by atoms with Crippen molar-refractivity contribution < 1.29 is 14.3 Å². The molecule has 3 aliphatic heterocycles. The van der Waals surface area contributed by atoms with Gasteiger partial charge in [0.2, 0.25) is 5.91 Å². The van der Waals surface area contributed by atoms with Crippen LogP contribution < -0.4 is 5.32 Å². The fourth-order valence-corrected chi connectivity index (χ4v) is 5.95. The van der Waals surface area contributed by atoms with Crippen LogP contribution in [0.2, 0.25) is 0 Å². The second-order valence-electron chi connectivity index (χ2n) is 8.89. The van der Waals surface area contributed by atoms with Gasteiger partial charge in [0.15, 0.2) is 0 Å². The summed E-state index contributed by atoms with van der Waals surface area (Å²) < 4.78 is 5.06. The molecule has 4 bridgehead atoms. The summed E-state index contributed by atoms with van der Waals surface area (Å²) in [5.41, 5.74) is 0. The molecule has 3 saturated heterocycles. The average molecular weight is 364 g/mol. The van der Waals surface area contributed by atoms with Gasteiger partial charge in [0.25, 0.3) is 0 Å². The summed E-state index contributed by atoms with van der Waals surface area (Å²) in [6, 6.07) is 0.815. The zero-order valence-corrected chi connectivity index (χ0v) is 16.0. The van der Waals surface area contributed by atoms with Crippen LogP contribution in [0.1, 0.15) is 51.9 Å². The molecule has 0 aromatic carbocycles. The molecule has 2 amide bonds. The van der Waals surface area contributed by atoms with E-state index >= 15 is 0 Å². The summed E-state index contributed by atoms with van der Waals surface area (Å²) in [7, 11) is 0. The lowest BCUT2D eigenvalue weighted by atomic mass is 9.68. The van der Waals surface area contributed by atoms with Gasteiger partial charge in [-0.05, 0) is 69.6 Å². The molecule has 5 fully saturated rings. The van der Waals surface area contributed by atoms with Crippen molar-refractivity contribution in [1.29, 1.82) is 0 Å². The number of hydrogen-bond acceptors (Lipinski definition) is 4. The number of carbonyl (C=O) groups is 2. The molecule has 5 rings (SSSR count). The molecular formula is C20H33N3O3. The lowest BCUT2D eigenvalue weighted by Gasteiger charge is -2.39. The minimum atomic E-state index is -0.229. The smallest absolute Gasteiger partial charge is 0.409 e. The third kappa shape index (κ3) is 4.00. The Morgan fingerprint density at radius 3 is 2.31 bits per heavy atom. The van der Waals surface area contributed by atoms with Crippen molar-refractivity contribution in [3.05, 3.63) is 0 Å². The first kappa shape index (κ1) is 18.1. The predicted octanol–water partition coefficient (Wildman–Crippen LogP) is 2.23. The molecule has 2 saturated carbocycles. The highest BCUT2D eigenvalue weighted by molar-refractivity contribution is 5.78. The second kappa shape index (κ2) is 7.75. The Labute approximate surface area is 156 Å². The molecule has 1 N–H and O–H groups in total. The van der Waals surface area contributed by atoms with Gasteiger partial charge in [-0.1, -0.05) is 0 Å². The Morgan fingerprint density at radius 2 is 1.65 bits per heavy atom. The summed E-state index contributed by atoms with van der Waals surface area (Å²) in [6.07, 6.45) is 8.23. The van der Waals surface area contributed by atoms with Crippen LogP contribution in [0.5, 0.6) is 0 Å². The molecule has 6 nitrogen and oxygen atoms in total. The van der Waals surface area contributed by atoms with Crippen molar-refractivity contribution in [3.63, 3.8) is 0 Å². The van der Waals surface area contributed by atoms with Crippen LogP contribution in [0.25, 0.3) is 0 Å². The third-order valence-corrected chi connectivity index (χ3v) is 6.95. The van der Waals surface area contributed by atoms with E-state index in [-0.39, 0.29) is 18.0 Å². The van der Waals surface area contributed by atoms with E-state index in [1.807, 2.05) is 6.92 Å². The summed E-state index contributed by atoms with van der Waals surface area (Å²) in [6.45, 7) is 5.25. The van der Waals surface area contributed by atoms with E-state index in [0.29, 0.717) is 32.3 Å². The van der Waals surface area contributed by atoms with Gasteiger partial charge in [0, 0.05) is 31.7 Å². The Morgan fingerprint density at radius 1 is 1.00 bits per heavy atom. The van der Waals surface area contributed by atoms with Crippen molar-refractivity contribution in [2.24, 2.45) is 17.8 Å². The highest BCUT2D eigenvalue weighted by Crippen LogP contribution is 2.47. The number of nitrogens with one attached hydrogen (secondary N) is 1. The van der Waals surface area contributed by atoms with Crippen LogP contribution in [-0.2, 0) is 9.53 Å². The van der Waals surface area contributed by atoms with Crippen molar-refractivity contribution in [3.8, 4) is 0 Å². The standard InChI is InChI=1S/C20H33N3O3/c1-2-26-20(25)22-5-3-17(4-6-22)21-19(24)13-23-12-16-8-14-7-15(9-16)11-18(23)10-14/h14-18H,2-13H2,1H3,(H,21,24). The number of rotatable bonds is 4. The number of ether oxygens (including phenoxy) is 1. The number of carbonyl (C=O) groups excluding carboxylic acids is 2. The Kier molecular flexibility index (Phi) is 5.39. The average Bonchev–Trinajstić information content (AvgIpc) is 2.79. The molecule has 0 radical (unpaired) electrons. The molecule has 2 aliphatic carbocycles. The molecule has 3 heterocycles. The van der Waals surface area contributed by atoms with Crippen molar-refractivity contribution in [2.75, 3.05) is 32.8 Å². The maximum atomic E-state index is 12.6. The van der Waals surface area contributed by atoms with E-state index in [2.05, 4.69) is 10.2 Å². The zero-order chi connectivity index (χ0) is 18.1. The van der Waals surface area contributed by atoms with Crippen LogP contribution in [-0.4, -0.2) is 66.7 Å². The van der Waals surface area contributed by atoms with Crippen LogP contribution in [0.15, 0.2) is 0 Å². The number of piperidine rings is 1. The van der Waals surface area contributed by atoms with E-state index in [4.69, 9.17) is 4.74 Å². The highest BCUT2D eigenvalue weighted by atomic mass is 16.6. The van der Waals surface area contributed by atoms with E-state index < -0.39 is 0 Å². The molecule has 6 heteroatoms. The number of fused-ring (bicyclic) bond motifs is 1. The maximum absolute atomic E-state index is 12.6. The van der Waals surface area contributed by atoms with Gasteiger partial charge in [-0.15, -0.1) is 0 Å². The highest BCUT2D eigenvalue weighted by Gasteiger charge is 2.43. The lowest BCUT2D eigenvalue weighted by molar-refractivity contribution is -0.124. The molecule has 26 heavy (non-hydrogen) atoms.